The smallest absolute Gasteiger partial charge is 0.462 e. The summed E-state index contributed by atoms with van der Waals surface area (Å²) in [5, 5.41) is 0. The van der Waals surface area contributed by atoms with Gasteiger partial charge in [-0.15, -0.1) is 0 Å². The molecule has 2 bridgehead atoms. The molecule has 3 fully saturated rings. The van der Waals surface area contributed by atoms with Crippen molar-refractivity contribution in [1.82, 2.24) is 0 Å². The van der Waals surface area contributed by atoms with E-state index >= 15 is 0 Å². The van der Waals surface area contributed by atoms with Crippen molar-refractivity contribution in [3.05, 3.63) is 29.8 Å². The number of alkyl halides is 3. The molecule has 2 aliphatic carbocycles. The Morgan fingerprint density at radius 1 is 1.10 bits per heavy atom. The van der Waals surface area contributed by atoms with Crippen molar-refractivity contribution in [2.45, 2.75) is 25.1 Å². The predicted octanol–water partition coefficient (Wildman–Crippen LogP) is 2.08. The van der Waals surface area contributed by atoms with Gasteiger partial charge in [0.2, 0.25) is 0 Å². The summed E-state index contributed by atoms with van der Waals surface area (Å²) in [5.74, 6) is -5.42. The number of carbonyl (C=O) groups excluding carboxylic acids is 4. The van der Waals surface area contributed by atoms with E-state index < -0.39 is 48.3 Å². The normalized spacial score (nSPS) is 29.5. The second-order valence-electron chi connectivity index (χ2n) is 7.36. The zero-order valence-corrected chi connectivity index (χ0v) is 14.8. The van der Waals surface area contributed by atoms with Crippen LogP contribution < -0.4 is 4.74 Å². The van der Waals surface area contributed by atoms with Crippen LogP contribution in [0.4, 0.5) is 13.2 Å². The van der Waals surface area contributed by atoms with E-state index in [1.54, 1.807) is 0 Å². The lowest BCUT2D eigenvalue weighted by Gasteiger charge is -2.22. The number of hydrogen-bond donors (Lipinski definition) is 0. The Morgan fingerprint density at radius 3 is 2.45 bits per heavy atom. The Balaban J connectivity index is 1.32. The van der Waals surface area contributed by atoms with Crippen molar-refractivity contribution in [2.24, 2.45) is 23.7 Å². The van der Waals surface area contributed by atoms with E-state index in [9.17, 15) is 32.3 Å². The highest BCUT2D eigenvalue weighted by Crippen LogP contribution is 2.57. The number of ketones is 1. The molecule has 154 valence electrons. The average molecular weight is 412 g/mol. The monoisotopic (exact) mass is 412 g/mol. The molecule has 1 saturated heterocycles. The van der Waals surface area contributed by atoms with Crippen LogP contribution in [0, 0.1) is 23.7 Å². The molecule has 29 heavy (non-hydrogen) atoms. The SMILES string of the molecule is O=C(COC(=O)[C@@H]1[C@@H]2C[C@@H]3[C@H]1C(=O)O[C@@H]3C2)c1ccc(OC(=O)C(F)(F)F)cc1. The third kappa shape index (κ3) is 3.47. The van der Waals surface area contributed by atoms with Crippen LogP contribution in [0.3, 0.4) is 0 Å². The fourth-order valence-corrected chi connectivity index (χ4v) is 4.52. The Kier molecular flexibility index (Phi) is 4.59. The molecule has 0 radical (unpaired) electrons. The van der Waals surface area contributed by atoms with Crippen molar-refractivity contribution in [3.63, 3.8) is 0 Å². The van der Waals surface area contributed by atoms with Gasteiger partial charge in [0.1, 0.15) is 11.9 Å². The fourth-order valence-electron chi connectivity index (χ4n) is 4.52. The zero-order chi connectivity index (χ0) is 20.9. The second kappa shape index (κ2) is 6.85. The van der Waals surface area contributed by atoms with Crippen LogP contribution in [-0.4, -0.2) is 42.6 Å². The molecule has 1 aliphatic heterocycles. The summed E-state index contributed by atoms with van der Waals surface area (Å²) in [6.07, 6.45) is -3.90. The Hall–Kier alpha value is -2.91. The summed E-state index contributed by atoms with van der Waals surface area (Å²) in [5.41, 5.74) is 0.0675. The molecule has 0 aromatic heterocycles. The van der Waals surface area contributed by atoms with Crippen LogP contribution in [0.15, 0.2) is 24.3 Å². The molecule has 0 unspecified atom stereocenters. The number of ether oxygens (including phenoxy) is 3. The summed E-state index contributed by atoms with van der Waals surface area (Å²) in [6.45, 7) is -0.570. The molecule has 3 aliphatic rings. The maximum atomic E-state index is 12.4. The Morgan fingerprint density at radius 2 is 1.79 bits per heavy atom. The summed E-state index contributed by atoms with van der Waals surface area (Å²) < 4.78 is 51.0. The largest absolute Gasteiger partial charge is 0.491 e. The third-order valence-corrected chi connectivity index (χ3v) is 5.72. The first-order valence-electron chi connectivity index (χ1n) is 8.94. The van der Waals surface area contributed by atoms with E-state index in [4.69, 9.17) is 9.47 Å². The van der Waals surface area contributed by atoms with E-state index in [1.807, 2.05) is 0 Å². The first kappa shape index (κ1) is 19.4. The van der Waals surface area contributed by atoms with Crippen molar-refractivity contribution in [3.8, 4) is 5.75 Å². The molecule has 5 atom stereocenters. The van der Waals surface area contributed by atoms with Gasteiger partial charge >= 0.3 is 24.1 Å². The van der Waals surface area contributed by atoms with Gasteiger partial charge < -0.3 is 14.2 Å². The molecule has 2 saturated carbocycles. The van der Waals surface area contributed by atoms with Crippen LogP contribution >= 0.6 is 0 Å². The summed E-state index contributed by atoms with van der Waals surface area (Å²) in [6, 6.07) is 4.38. The van der Waals surface area contributed by atoms with Gasteiger partial charge in [-0.05, 0) is 43.0 Å². The molecule has 1 aromatic carbocycles. The molecule has 1 heterocycles. The number of halogens is 3. The van der Waals surface area contributed by atoms with Crippen LogP contribution in [0.2, 0.25) is 0 Å². The predicted molar refractivity (Wildman–Crippen MR) is 86.5 cm³/mol. The minimum Gasteiger partial charge on any atom is -0.462 e. The van der Waals surface area contributed by atoms with Gasteiger partial charge in [-0.1, -0.05) is 0 Å². The zero-order valence-electron chi connectivity index (χ0n) is 14.8. The molecule has 7 nitrogen and oxygen atoms in total. The lowest BCUT2D eigenvalue weighted by molar-refractivity contribution is -0.189. The van der Waals surface area contributed by atoms with Crippen molar-refractivity contribution in [2.75, 3.05) is 6.61 Å². The first-order valence-corrected chi connectivity index (χ1v) is 8.94. The van der Waals surface area contributed by atoms with E-state index in [0.717, 1.165) is 30.7 Å². The molecular weight excluding hydrogens is 397 g/mol. The average Bonchev–Trinajstić information content (AvgIpc) is 3.28. The number of fused-ring (bicyclic) bond motifs is 1. The number of esters is 3. The van der Waals surface area contributed by atoms with Gasteiger partial charge in [-0.3, -0.25) is 14.4 Å². The second-order valence-corrected chi connectivity index (χ2v) is 7.36. The maximum absolute atomic E-state index is 12.4. The van der Waals surface area contributed by atoms with Gasteiger partial charge in [0.05, 0.1) is 11.8 Å². The Labute approximate surface area is 162 Å². The van der Waals surface area contributed by atoms with Crippen molar-refractivity contribution in [1.29, 1.82) is 0 Å². The van der Waals surface area contributed by atoms with Gasteiger partial charge in [-0.2, -0.15) is 13.2 Å². The van der Waals surface area contributed by atoms with E-state index in [0.29, 0.717) is 6.42 Å². The van der Waals surface area contributed by atoms with Gasteiger partial charge in [0.25, 0.3) is 0 Å². The van der Waals surface area contributed by atoms with Crippen molar-refractivity contribution < 1.29 is 46.6 Å². The molecular formula is C19H15F3O7. The maximum Gasteiger partial charge on any atom is 0.491 e. The Bertz CT molecular complexity index is 875. The summed E-state index contributed by atoms with van der Waals surface area (Å²) in [4.78, 5) is 47.3. The van der Waals surface area contributed by atoms with Crippen LogP contribution in [0.1, 0.15) is 23.2 Å². The molecule has 0 N–H and O–H groups in total. The number of carbonyl (C=O) groups is 4. The van der Waals surface area contributed by atoms with Crippen LogP contribution in [-0.2, 0) is 23.9 Å². The molecule has 0 amide bonds. The number of Topliss-reactive ketones (excluding diaryl/α,β-unsaturated/α-hetero) is 1. The van der Waals surface area contributed by atoms with E-state index in [2.05, 4.69) is 4.74 Å². The number of rotatable bonds is 5. The third-order valence-electron chi connectivity index (χ3n) is 5.72. The quantitative estimate of drug-likeness (QED) is 0.415. The van der Waals surface area contributed by atoms with Gasteiger partial charge in [-0.25, -0.2) is 4.79 Å². The topological polar surface area (TPSA) is 96.0 Å². The van der Waals surface area contributed by atoms with Gasteiger partial charge in [0.15, 0.2) is 12.4 Å². The highest BCUT2D eigenvalue weighted by Gasteiger charge is 2.64. The molecule has 1 aromatic rings. The van der Waals surface area contributed by atoms with Crippen LogP contribution in [0.5, 0.6) is 5.75 Å². The van der Waals surface area contributed by atoms with Crippen LogP contribution in [0.25, 0.3) is 0 Å². The van der Waals surface area contributed by atoms with E-state index in [-0.39, 0.29) is 29.3 Å². The highest BCUT2D eigenvalue weighted by molar-refractivity contribution is 5.98. The van der Waals surface area contributed by atoms with Gasteiger partial charge in [0, 0.05) is 11.5 Å². The summed E-state index contributed by atoms with van der Waals surface area (Å²) in [7, 11) is 0. The fraction of sp³-hybridized carbons (Fsp3) is 0.474. The minimum atomic E-state index is -5.13. The highest BCUT2D eigenvalue weighted by atomic mass is 19.4. The van der Waals surface area contributed by atoms with E-state index in [1.165, 1.54) is 0 Å². The lowest BCUT2D eigenvalue weighted by Crippen LogP contribution is -2.34. The first-order chi connectivity index (χ1) is 13.6. The molecule has 10 heteroatoms. The molecule has 4 rings (SSSR count). The summed E-state index contributed by atoms with van der Waals surface area (Å²) >= 11 is 0. The number of benzene rings is 1. The standard InChI is InChI=1S/C19H15F3O7/c20-19(21,22)18(26)28-10-3-1-8(2-4-10)12(23)7-27-16(24)14-9-5-11-13(6-9)29-17(25)15(11)14/h1-4,9,11,13-15H,5-7H2/t9-,11+,13-,14-,15-/m1/s1. The minimum absolute atomic E-state index is 0.00616. The lowest BCUT2D eigenvalue weighted by atomic mass is 9.80. The molecule has 0 spiro atoms. The number of hydrogen-bond acceptors (Lipinski definition) is 7. The van der Waals surface area contributed by atoms with Crippen molar-refractivity contribution >= 4 is 23.7 Å².